The van der Waals surface area contributed by atoms with Crippen LogP contribution in [0.2, 0.25) is 0 Å². The summed E-state index contributed by atoms with van der Waals surface area (Å²) >= 11 is 0. The van der Waals surface area contributed by atoms with Gasteiger partial charge in [0.25, 0.3) is 5.91 Å². The Bertz CT molecular complexity index is 561. The molecule has 0 saturated carbocycles. The molecule has 2 aromatic rings. The van der Waals surface area contributed by atoms with Crippen molar-refractivity contribution < 1.29 is 9.59 Å². The fourth-order valence-corrected chi connectivity index (χ4v) is 1.51. The topological polar surface area (TPSA) is 74.8 Å². The van der Waals surface area contributed by atoms with Crippen molar-refractivity contribution in [2.24, 2.45) is 0 Å². The molecule has 2 rings (SSSR count). The van der Waals surface area contributed by atoms with Crippen LogP contribution < -0.4 is 5.32 Å². The number of nitrogens with zero attached hydrogens (tertiary/aromatic N) is 1. The third kappa shape index (κ3) is 2.82. The Kier molecular flexibility index (Phi) is 3.52. The quantitative estimate of drug-likeness (QED) is 0.800. The number of H-pyrrole nitrogens is 1. The Morgan fingerprint density at radius 2 is 2.28 bits per heavy atom. The van der Waals surface area contributed by atoms with Crippen LogP contribution in [-0.4, -0.2) is 21.7 Å². The van der Waals surface area contributed by atoms with Gasteiger partial charge >= 0.3 is 0 Å². The fraction of sp³-hybridized carbons (Fsp3) is 0.154. The van der Waals surface area contributed by atoms with E-state index in [1.165, 1.54) is 13.1 Å². The predicted octanol–water partition coefficient (Wildman–Crippen LogP) is 1.54. The largest absolute Gasteiger partial charge is 0.356 e. The minimum Gasteiger partial charge on any atom is -0.356 e. The molecular formula is C13H13N3O2. The molecule has 92 valence electrons. The van der Waals surface area contributed by atoms with E-state index in [0.29, 0.717) is 17.8 Å². The summed E-state index contributed by atoms with van der Waals surface area (Å²) in [4.78, 5) is 29.6. The number of aromatic nitrogens is 2. The first kappa shape index (κ1) is 12.0. The number of pyridine rings is 1. The fourth-order valence-electron chi connectivity index (χ4n) is 1.51. The summed E-state index contributed by atoms with van der Waals surface area (Å²) in [5.41, 5.74) is 1.80. The lowest BCUT2D eigenvalue weighted by Gasteiger charge is -2.02. The van der Waals surface area contributed by atoms with Gasteiger partial charge in [-0.05, 0) is 24.6 Å². The molecule has 18 heavy (non-hydrogen) atoms. The number of hydrogen-bond donors (Lipinski definition) is 2. The highest BCUT2D eigenvalue weighted by Crippen LogP contribution is 2.04. The molecule has 2 aromatic heterocycles. The number of ketones is 1. The van der Waals surface area contributed by atoms with Crippen LogP contribution in [0.5, 0.6) is 0 Å². The van der Waals surface area contributed by atoms with Crippen molar-refractivity contribution in [1.29, 1.82) is 0 Å². The van der Waals surface area contributed by atoms with E-state index in [1.807, 2.05) is 12.1 Å². The predicted molar refractivity (Wildman–Crippen MR) is 66.2 cm³/mol. The highest BCUT2D eigenvalue weighted by atomic mass is 16.2. The van der Waals surface area contributed by atoms with Gasteiger partial charge in [0.2, 0.25) is 0 Å². The molecule has 0 fully saturated rings. The maximum Gasteiger partial charge on any atom is 0.267 e. The van der Waals surface area contributed by atoms with Gasteiger partial charge in [-0.2, -0.15) is 0 Å². The molecule has 2 heterocycles. The van der Waals surface area contributed by atoms with Crippen molar-refractivity contribution >= 4 is 11.7 Å². The Morgan fingerprint density at radius 3 is 2.89 bits per heavy atom. The number of amides is 1. The summed E-state index contributed by atoms with van der Waals surface area (Å²) < 4.78 is 0. The summed E-state index contributed by atoms with van der Waals surface area (Å²) in [5, 5.41) is 2.75. The summed E-state index contributed by atoms with van der Waals surface area (Å²) in [6.45, 7) is 1.86. The summed E-state index contributed by atoms with van der Waals surface area (Å²) in [6.07, 6.45) is 4.90. The maximum atomic E-state index is 11.8. The zero-order valence-corrected chi connectivity index (χ0v) is 9.93. The number of nitrogens with one attached hydrogen (secondary N) is 2. The Hall–Kier alpha value is -2.43. The summed E-state index contributed by atoms with van der Waals surface area (Å²) in [5.74, 6) is -0.316. The zero-order chi connectivity index (χ0) is 13.0. The van der Waals surface area contributed by atoms with Crippen molar-refractivity contribution in [3.05, 3.63) is 53.6 Å². The Morgan fingerprint density at radius 1 is 1.44 bits per heavy atom. The van der Waals surface area contributed by atoms with E-state index in [4.69, 9.17) is 0 Å². The van der Waals surface area contributed by atoms with Gasteiger partial charge in [-0.15, -0.1) is 0 Å². The number of rotatable bonds is 4. The summed E-state index contributed by atoms with van der Waals surface area (Å²) in [6, 6.07) is 5.23. The lowest BCUT2D eigenvalue weighted by molar-refractivity contribution is 0.0946. The van der Waals surface area contributed by atoms with Crippen molar-refractivity contribution in [2.75, 3.05) is 0 Å². The molecule has 2 N–H and O–H groups in total. The second kappa shape index (κ2) is 5.27. The standard InChI is InChI=1S/C13H13N3O2/c1-9(17)11-5-12(15-8-11)13(18)16-7-10-3-2-4-14-6-10/h2-6,8,15H,7H2,1H3,(H,16,18). The Balaban J connectivity index is 1.97. The van der Waals surface area contributed by atoms with E-state index >= 15 is 0 Å². The van der Waals surface area contributed by atoms with Crippen molar-refractivity contribution in [3.8, 4) is 0 Å². The molecule has 1 amide bonds. The number of Topliss-reactive ketones (excluding diaryl/α,β-unsaturated/α-hetero) is 1. The van der Waals surface area contributed by atoms with Gasteiger partial charge in [0, 0.05) is 30.7 Å². The molecular weight excluding hydrogens is 230 g/mol. The molecule has 0 aliphatic heterocycles. The molecule has 5 heteroatoms. The third-order valence-electron chi connectivity index (χ3n) is 2.51. The van der Waals surface area contributed by atoms with Crippen LogP contribution >= 0.6 is 0 Å². The van der Waals surface area contributed by atoms with Crippen molar-refractivity contribution in [1.82, 2.24) is 15.3 Å². The second-order valence-electron chi connectivity index (χ2n) is 3.90. The molecule has 5 nitrogen and oxygen atoms in total. The van der Waals surface area contributed by atoms with E-state index in [1.54, 1.807) is 18.5 Å². The normalized spacial score (nSPS) is 10.1. The van der Waals surface area contributed by atoms with Gasteiger partial charge in [-0.1, -0.05) is 6.07 Å². The van der Waals surface area contributed by atoms with E-state index < -0.39 is 0 Å². The number of aromatic amines is 1. The van der Waals surface area contributed by atoms with Crippen LogP contribution in [0.4, 0.5) is 0 Å². The van der Waals surface area contributed by atoms with Gasteiger partial charge in [-0.25, -0.2) is 0 Å². The minimum atomic E-state index is -0.244. The van der Waals surface area contributed by atoms with Crippen LogP contribution in [-0.2, 0) is 6.54 Å². The molecule has 0 aliphatic carbocycles. The molecule has 0 radical (unpaired) electrons. The maximum absolute atomic E-state index is 11.8. The first-order valence-electron chi connectivity index (χ1n) is 5.53. The number of hydrogen-bond acceptors (Lipinski definition) is 3. The highest BCUT2D eigenvalue weighted by Gasteiger charge is 2.10. The van der Waals surface area contributed by atoms with Gasteiger partial charge in [-0.3, -0.25) is 14.6 Å². The number of carbonyl (C=O) groups is 2. The van der Waals surface area contributed by atoms with Gasteiger partial charge in [0.05, 0.1) is 0 Å². The van der Waals surface area contributed by atoms with Crippen LogP contribution in [0.25, 0.3) is 0 Å². The monoisotopic (exact) mass is 243 g/mol. The molecule has 0 atom stereocenters. The van der Waals surface area contributed by atoms with Crippen LogP contribution in [0, 0.1) is 0 Å². The zero-order valence-electron chi connectivity index (χ0n) is 9.93. The third-order valence-corrected chi connectivity index (χ3v) is 2.51. The van der Waals surface area contributed by atoms with E-state index in [2.05, 4.69) is 15.3 Å². The molecule has 0 unspecified atom stereocenters. The lowest BCUT2D eigenvalue weighted by atomic mass is 10.2. The summed E-state index contributed by atoms with van der Waals surface area (Å²) in [7, 11) is 0. The van der Waals surface area contributed by atoms with E-state index in [9.17, 15) is 9.59 Å². The van der Waals surface area contributed by atoms with Crippen LogP contribution in [0.3, 0.4) is 0 Å². The van der Waals surface area contributed by atoms with Crippen LogP contribution in [0.1, 0.15) is 33.3 Å². The molecule has 0 bridgehead atoms. The van der Waals surface area contributed by atoms with Gasteiger partial charge in [0.1, 0.15) is 5.69 Å². The molecule has 0 saturated heterocycles. The Labute approximate surface area is 104 Å². The molecule has 0 aliphatic rings. The smallest absolute Gasteiger partial charge is 0.267 e. The van der Waals surface area contributed by atoms with E-state index in [0.717, 1.165) is 5.56 Å². The van der Waals surface area contributed by atoms with Gasteiger partial charge in [0.15, 0.2) is 5.78 Å². The second-order valence-corrected chi connectivity index (χ2v) is 3.90. The van der Waals surface area contributed by atoms with Crippen LogP contribution in [0.15, 0.2) is 36.8 Å². The number of carbonyl (C=O) groups excluding carboxylic acids is 2. The minimum absolute atomic E-state index is 0.0717. The lowest BCUT2D eigenvalue weighted by Crippen LogP contribution is -2.23. The van der Waals surface area contributed by atoms with E-state index in [-0.39, 0.29) is 11.7 Å². The highest BCUT2D eigenvalue weighted by molar-refractivity contribution is 5.99. The van der Waals surface area contributed by atoms with Gasteiger partial charge < -0.3 is 10.3 Å². The molecule has 0 aromatic carbocycles. The van der Waals surface area contributed by atoms with Crippen molar-refractivity contribution in [2.45, 2.75) is 13.5 Å². The van der Waals surface area contributed by atoms with Crippen molar-refractivity contribution in [3.63, 3.8) is 0 Å². The SMILES string of the molecule is CC(=O)c1c[nH]c(C(=O)NCc2cccnc2)c1. The average Bonchev–Trinajstić information content (AvgIpc) is 2.87. The average molecular weight is 243 g/mol. The molecule has 0 spiro atoms. The first-order valence-corrected chi connectivity index (χ1v) is 5.53. The first-order chi connectivity index (χ1) is 8.66.